The first kappa shape index (κ1) is 16.1. The molecule has 1 rings (SSSR count). The maximum Gasteiger partial charge on any atom is 0.0349 e. The average Bonchev–Trinajstić information content (AvgIpc) is 2.43. The van der Waals surface area contributed by atoms with Gasteiger partial charge in [0.15, 0.2) is 0 Å². The lowest BCUT2D eigenvalue weighted by Crippen LogP contribution is -1.92. The molecule has 0 fully saturated rings. The lowest BCUT2D eigenvalue weighted by molar-refractivity contribution is 0.564. The highest BCUT2D eigenvalue weighted by molar-refractivity contribution is 5.49. The highest BCUT2D eigenvalue weighted by atomic mass is 14.6. The molecule has 0 atom stereocenters. The normalized spacial score (nSPS) is 10.8. The number of hydrogen-bond donors (Lipinski definition) is 1. The number of hydrogen-bond acceptors (Lipinski definition) is 1. The van der Waals surface area contributed by atoms with E-state index >= 15 is 0 Å². The summed E-state index contributed by atoms with van der Waals surface area (Å²) in [5.74, 6) is 0. The third-order valence-electron chi connectivity index (χ3n) is 3.67. The molecular formula is C18H30N. The summed E-state index contributed by atoms with van der Waals surface area (Å²) in [4.78, 5) is 0. The van der Waals surface area contributed by atoms with Crippen LogP contribution in [0.5, 0.6) is 0 Å². The summed E-state index contributed by atoms with van der Waals surface area (Å²) in [5, 5.41) is 0. The molecular weight excluding hydrogens is 230 g/mol. The van der Waals surface area contributed by atoms with Crippen LogP contribution in [-0.4, -0.2) is 0 Å². The van der Waals surface area contributed by atoms with Crippen molar-refractivity contribution in [3.05, 3.63) is 36.2 Å². The Balaban J connectivity index is 1.90. The first-order valence-electron chi connectivity index (χ1n) is 8.02. The summed E-state index contributed by atoms with van der Waals surface area (Å²) >= 11 is 0. The minimum atomic E-state index is 0.901. The average molecular weight is 260 g/mol. The second-order valence-corrected chi connectivity index (χ2v) is 5.45. The van der Waals surface area contributed by atoms with E-state index in [1.807, 2.05) is 12.1 Å². The second-order valence-electron chi connectivity index (χ2n) is 5.45. The third-order valence-corrected chi connectivity index (χ3v) is 3.67. The van der Waals surface area contributed by atoms with Crippen LogP contribution in [0.1, 0.15) is 76.7 Å². The van der Waals surface area contributed by atoms with E-state index < -0.39 is 0 Å². The van der Waals surface area contributed by atoms with Crippen LogP contribution in [0.3, 0.4) is 0 Å². The zero-order valence-corrected chi connectivity index (χ0v) is 12.5. The Morgan fingerprint density at radius 3 is 2.05 bits per heavy atom. The molecule has 1 heteroatoms. The zero-order chi connectivity index (χ0) is 13.8. The SMILES string of the molecule is CCCCCCCCCCC[CH]c1ccccc1N. The van der Waals surface area contributed by atoms with Gasteiger partial charge in [0.1, 0.15) is 0 Å². The van der Waals surface area contributed by atoms with E-state index in [9.17, 15) is 0 Å². The number of anilines is 1. The van der Waals surface area contributed by atoms with Gasteiger partial charge >= 0.3 is 0 Å². The summed E-state index contributed by atoms with van der Waals surface area (Å²) in [6, 6.07) is 8.12. The number of nitrogens with two attached hydrogens (primary N) is 1. The van der Waals surface area contributed by atoms with Gasteiger partial charge in [-0.2, -0.15) is 0 Å². The van der Waals surface area contributed by atoms with E-state index in [1.54, 1.807) is 0 Å². The van der Waals surface area contributed by atoms with Gasteiger partial charge < -0.3 is 5.73 Å². The Morgan fingerprint density at radius 1 is 0.842 bits per heavy atom. The first-order valence-corrected chi connectivity index (χ1v) is 8.02. The van der Waals surface area contributed by atoms with Crippen molar-refractivity contribution in [1.82, 2.24) is 0 Å². The van der Waals surface area contributed by atoms with Crippen molar-refractivity contribution >= 4 is 5.69 Å². The Hall–Kier alpha value is -0.980. The van der Waals surface area contributed by atoms with Gasteiger partial charge in [0.05, 0.1) is 0 Å². The van der Waals surface area contributed by atoms with Gasteiger partial charge in [-0.3, -0.25) is 0 Å². The van der Waals surface area contributed by atoms with E-state index in [1.165, 1.54) is 63.4 Å². The van der Waals surface area contributed by atoms with Gasteiger partial charge in [-0.15, -0.1) is 0 Å². The fourth-order valence-corrected chi connectivity index (χ4v) is 2.41. The van der Waals surface area contributed by atoms with Crippen molar-refractivity contribution < 1.29 is 0 Å². The van der Waals surface area contributed by atoms with Crippen LogP contribution in [0, 0.1) is 6.42 Å². The molecule has 1 nitrogen and oxygen atoms in total. The van der Waals surface area contributed by atoms with Crippen molar-refractivity contribution in [2.75, 3.05) is 5.73 Å². The number of rotatable bonds is 11. The smallest absolute Gasteiger partial charge is 0.0349 e. The molecule has 0 amide bonds. The standard InChI is InChI=1S/C18H30N/c1-2-3-4-5-6-7-8-9-10-11-14-17-15-12-13-16-18(17)19/h12-16H,2-11,19H2,1H3. The van der Waals surface area contributed by atoms with Crippen LogP contribution in [0.15, 0.2) is 24.3 Å². The minimum absolute atomic E-state index is 0.901. The molecule has 19 heavy (non-hydrogen) atoms. The molecule has 0 aliphatic rings. The molecule has 107 valence electrons. The predicted octanol–water partition coefficient (Wildman–Crippen LogP) is 5.74. The summed E-state index contributed by atoms with van der Waals surface area (Å²) < 4.78 is 0. The number of unbranched alkanes of at least 4 members (excludes halogenated alkanes) is 9. The van der Waals surface area contributed by atoms with Gasteiger partial charge in [-0.05, 0) is 24.5 Å². The molecule has 0 unspecified atom stereocenters. The molecule has 0 saturated carbocycles. The molecule has 0 aromatic heterocycles. The molecule has 0 bridgehead atoms. The van der Waals surface area contributed by atoms with Crippen LogP contribution >= 0.6 is 0 Å². The van der Waals surface area contributed by atoms with Crippen molar-refractivity contribution in [1.29, 1.82) is 0 Å². The number of nitrogen functional groups attached to an aromatic ring is 1. The minimum Gasteiger partial charge on any atom is -0.398 e. The topological polar surface area (TPSA) is 26.0 Å². The van der Waals surface area contributed by atoms with E-state index in [2.05, 4.69) is 25.5 Å². The Labute approximate surface area is 119 Å². The number of para-hydroxylation sites is 1. The van der Waals surface area contributed by atoms with Gasteiger partial charge in [-0.1, -0.05) is 82.9 Å². The van der Waals surface area contributed by atoms with Crippen molar-refractivity contribution in [3.63, 3.8) is 0 Å². The largest absolute Gasteiger partial charge is 0.398 e. The maximum absolute atomic E-state index is 5.91. The summed E-state index contributed by atoms with van der Waals surface area (Å²) in [6.45, 7) is 2.27. The Kier molecular flexibility index (Phi) is 9.22. The first-order chi connectivity index (χ1) is 9.34. The molecule has 1 aromatic carbocycles. The molecule has 0 heterocycles. The lowest BCUT2D eigenvalue weighted by atomic mass is 10.0. The number of benzene rings is 1. The molecule has 0 aliphatic heterocycles. The second kappa shape index (κ2) is 10.9. The van der Waals surface area contributed by atoms with Gasteiger partial charge in [-0.25, -0.2) is 0 Å². The summed E-state index contributed by atoms with van der Waals surface area (Å²) in [7, 11) is 0. The molecule has 2 N–H and O–H groups in total. The van der Waals surface area contributed by atoms with Crippen LogP contribution in [0.25, 0.3) is 0 Å². The van der Waals surface area contributed by atoms with Crippen LogP contribution in [0.2, 0.25) is 0 Å². The zero-order valence-electron chi connectivity index (χ0n) is 12.5. The van der Waals surface area contributed by atoms with Gasteiger partial charge in [0.25, 0.3) is 0 Å². The molecule has 0 aliphatic carbocycles. The fourth-order valence-electron chi connectivity index (χ4n) is 2.41. The van der Waals surface area contributed by atoms with E-state index in [0.717, 1.165) is 12.1 Å². The summed E-state index contributed by atoms with van der Waals surface area (Å²) in [5.41, 5.74) is 8.01. The van der Waals surface area contributed by atoms with Gasteiger partial charge in [0, 0.05) is 5.69 Å². The molecule has 0 saturated heterocycles. The van der Waals surface area contributed by atoms with E-state index in [4.69, 9.17) is 5.73 Å². The van der Waals surface area contributed by atoms with Gasteiger partial charge in [0.2, 0.25) is 0 Å². The maximum atomic E-state index is 5.91. The third kappa shape index (κ3) is 7.92. The summed E-state index contributed by atoms with van der Waals surface area (Å²) in [6.07, 6.45) is 15.9. The van der Waals surface area contributed by atoms with E-state index in [-0.39, 0.29) is 0 Å². The van der Waals surface area contributed by atoms with Crippen molar-refractivity contribution in [3.8, 4) is 0 Å². The fraction of sp³-hybridized carbons (Fsp3) is 0.611. The monoisotopic (exact) mass is 260 g/mol. The Morgan fingerprint density at radius 2 is 1.42 bits per heavy atom. The Bertz CT molecular complexity index is 319. The molecule has 0 spiro atoms. The molecule has 1 aromatic rings. The van der Waals surface area contributed by atoms with Crippen LogP contribution in [0.4, 0.5) is 5.69 Å². The van der Waals surface area contributed by atoms with Crippen molar-refractivity contribution in [2.45, 2.75) is 71.1 Å². The van der Waals surface area contributed by atoms with E-state index in [0.29, 0.717) is 0 Å². The molecule has 1 radical (unpaired) electrons. The van der Waals surface area contributed by atoms with Crippen LogP contribution < -0.4 is 5.73 Å². The van der Waals surface area contributed by atoms with Crippen LogP contribution in [-0.2, 0) is 0 Å². The highest BCUT2D eigenvalue weighted by Gasteiger charge is 1.98. The lowest BCUT2D eigenvalue weighted by Gasteiger charge is -2.05. The quantitative estimate of drug-likeness (QED) is 0.398. The van der Waals surface area contributed by atoms with Crippen molar-refractivity contribution in [2.24, 2.45) is 0 Å². The highest BCUT2D eigenvalue weighted by Crippen LogP contribution is 2.17. The predicted molar refractivity (Wildman–Crippen MR) is 86.1 cm³/mol.